The highest BCUT2D eigenvalue weighted by Crippen LogP contribution is 2.48. The average molecular weight is 122 g/mol. The third-order valence-corrected chi connectivity index (χ3v) is 2.87. The SMILES string of the molecule is CC1C(C)C1C=C1CC1. The predicted octanol–water partition coefficient (Wildman–Crippen LogP) is 2.61. The molecule has 2 saturated carbocycles. The van der Waals surface area contributed by atoms with Gasteiger partial charge in [0.2, 0.25) is 0 Å². The van der Waals surface area contributed by atoms with Crippen molar-refractivity contribution < 1.29 is 0 Å². The smallest absolute Gasteiger partial charge is 0.0174 e. The fraction of sp³-hybridized carbons (Fsp3) is 0.778. The molecule has 50 valence electrons. The van der Waals surface area contributed by atoms with Gasteiger partial charge in [-0.1, -0.05) is 25.5 Å². The summed E-state index contributed by atoms with van der Waals surface area (Å²) in [5.41, 5.74) is 1.72. The zero-order valence-electron chi connectivity index (χ0n) is 6.22. The minimum Gasteiger partial charge on any atom is -0.0816 e. The van der Waals surface area contributed by atoms with Crippen LogP contribution in [0.1, 0.15) is 26.7 Å². The number of allylic oxidation sites excluding steroid dienone is 2. The van der Waals surface area contributed by atoms with Gasteiger partial charge >= 0.3 is 0 Å². The van der Waals surface area contributed by atoms with Gasteiger partial charge in [-0.2, -0.15) is 0 Å². The van der Waals surface area contributed by atoms with Gasteiger partial charge in [0.25, 0.3) is 0 Å². The topological polar surface area (TPSA) is 0 Å². The van der Waals surface area contributed by atoms with Crippen molar-refractivity contribution >= 4 is 0 Å². The molecule has 0 spiro atoms. The standard InChI is InChI=1S/C9H14/c1-6-7(2)9(6)5-8-3-4-8/h5-7,9H,3-4H2,1-2H3. The van der Waals surface area contributed by atoms with Gasteiger partial charge in [-0.25, -0.2) is 0 Å². The van der Waals surface area contributed by atoms with Crippen LogP contribution in [0.15, 0.2) is 11.6 Å². The van der Waals surface area contributed by atoms with Crippen LogP contribution in [-0.4, -0.2) is 0 Å². The molecule has 0 aromatic heterocycles. The van der Waals surface area contributed by atoms with Gasteiger partial charge in [0, 0.05) is 0 Å². The van der Waals surface area contributed by atoms with Gasteiger partial charge in [0.05, 0.1) is 0 Å². The van der Waals surface area contributed by atoms with Gasteiger partial charge in [0.1, 0.15) is 0 Å². The Morgan fingerprint density at radius 1 is 1.22 bits per heavy atom. The molecular formula is C9H14. The van der Waals surface area contributed by atoms with E-state index in [4.69, 9.17) is 0 Å². The van der Waals surface area contributed by atoms with Crippen LogP contribution >= 0.6 is 0 Å². The Morgan fingerprint density at radius 3 is 2.11 bits per heavy atom. The number of hydrogen-bond acceptors (Lipinski definition) is 0. The summed E-state index contributed by atoms with van der Waals surface area (Å²) >= 11 is 0. The Labute approximate surface area is 57.0 Å². The molecule has 0 N–H and O–H groups in total. The van der Waals surface area contributed by atoms with E-state index >= 15 is 0 Å². The zero-order chi connectivity index (χ0) is 6.43. The van der Waals surface area contributed by atoms with Crippen LogP contribution in [0.25, 0.3) is 0 Å². The largest absolute Gasteiger partial charge is 0.0816 e. The minimum atomic E-state index is 0.961. The summed E-state index contributed by atoms with van der Waals surface area (Å²) in [7, 11) is 0. The van der Waals surface area contributed by atoms with Gasteiger partial charge in [0.15, 0.2) is 0 Å². The lowest BCUT2D eigenvalue weighted by Crippen LogP contribution is -1.67. The van der Waals surface area contributed by atoms with Crippen molar-refractivity contribution in [2.45, 2.75) is 26.7 Å². The third kappa shape index (κ3) is 0.910. The maximum Gasteiger partial charge on any atom is -0.0174 e. The molecule has 2 aliphatic carbocycles. The lowest BCUT2D eigenvalue weighted by molar-refractivity contribution is 0.834. The molecule has 0 heterocycles. The lowest BCUT2D eigenvalue weighted by Gasteiger charge is -1.78. The quantitative estimate of drug-likeness (QED) is 0.469. The van der Waals surface area contributed by atoms with E-state index in [0.717, 1.165) is 17.8 Å². The van der Waals surface area contributed by atoms with E-state index < -0.39 is 0 Å². The zero-order valence-corrected chi connectivity index (χ0v) is 6.22. The summed E-state index contributed by atoms with van der Waals surface area (Å²) in [5, 5.41) is 0. The second-order valence-electron chi connectivity index (χ2n) is 3.62. The maximum absolute atomic E-state index is 2.51. The van der Waals surface area contributed by atoms with E-state index in [9.17, 15) is 0 Å². The van der Waals surface area contributed by atoms with E-state index in [2.05, 4.69) is 19.9 Å². The van der Waals surface area contributed by atoms with Crippen molar-refractivity contribution in [1.29, 1.82) is 0 Å². The van der Waals surface area contributed by atoms with E-state index in [0.29, 0.717) is 0 Å². The first-order chi connectivity index (χ1) is 4.29. The van der Waals surface area contributed by atoms with E-state index in [-0.39, 0.29) is 0 Å². The third-order valence-electron chi connectivity index (χ3n) is 2.87. The minimum absolute atomic E-state index is 0.961. The number of hydrogen-bond donors (Lipinski definition) is 0. The molecular weight excluding hydrogens is 108 g/mol. The average Bonchev–Trinajstić information content (AvgIpc) is 2.69. The molecule has 9 heavy (non-hydrogen) atoms. The molecule has 0 nitrogen and oxygen atoms in total. The molecule has 0 heteroatoms. The van der Waals surface area contributed by atoms with Gasteiger partial charge in [-0.3, -0.25) is 0 Å². The molecule has 0 aromatic carbocycles. The van der Waals surface area contributed by atoms with Crippen molar-refractivity contribution in [1.82, 2.24) is 0 Å². The molecule has 0 radical (unpaired) electrons. The lowest BCUT2D eigenvalue weighted by atomic mass is 10.3. The van der Waals surface area contributed by atoms with Crippen LogP contribution in [-0.2, 0) is 0 Å². The maximum atomic E-state index is 2.51. The highest BCUT2D eigenvalue weighted by Gasteiger charge is 2.41. The second-order valence-corrected chi connectivity index (χ2v) is 3.62. The van der Waals surface area contributed by atoms with Crippen LogP contribution in [0.3, 0.4) is 0 Å². The molecule has 2 rings (SSSR count). The Bertz CT molecular complexity index is 141. The Morgan fingerprint density at radius 2 is 1.78 bits per heavy atom. The van der Waals surface area contributed by atoms with Crippen molar-refractivity contribution in [2.24, 2.45) is 17.8 Å². The molecule has 0 amide bonds. The van der Waals surface area contributed by atoms with Gasteiger partial charge in [-0.15, -0.1) is 0 Å². The molecule has 0 bridgehead atoms. The Kier molecular flexibility index (Phi) is 0.992. The molecule has 2 unspecified atom stereocenters. The fourth-order valence-electron chi connectivity index (χ4n) is 1.52. The molecule has 0 saturated heterocycles. The Balaban J connectivity index is 1.95. The van der Waals surface area contributed by atoms with Crippen LogP contribution < -0.4 is 0 Å². The van der Waals surface area contributed by atoms with Crippen LogP contribution in [0.5, 0.6) is 0 Å². The molecule has 2 aliphatic rings. The van der Waals surface area contributed by atoms with Crippen molar-refractivity contribution in [3.63, 3.8) is 0 Å². The van der Waals surface area contributed by atoms with Gasteiger partial charge in [-0.05, 0) is 30.6 Å². The van der Waals surface area contributed by atoms with Crippen molar-refractivity contribution in [3.05, 3.63) is 11.6 Å². The summed E-state index contributed by atoms with van der Waals surface area (Å²) in [4.78, 5) is 0. The molecule has 2 fully saturated rings. The summed E-state index contributed by atoms with van der Waals surface area (Å²) in [6.07, 6.45) is 5.31. The number of rotatable bonds is 1. The summed E-state index contributed by atoms with van der Waals surface area (Å²) in [6, 6.07) is 0. The molecule has 0 aliphatic heterocycles. The normalized spacial score (nSPS) is 46.9. The van der Waals surface area contributed by atoms with E-state index in [1.165, 1.54) is 12.8 Å². The first-order valence-corrected chi connectivity index (χ1v) is 3.98. The molecule has 2 atom stereocenters. The molecule has 0 aromatic rings. The summed E-state index contributed by atoms with van der Waals surface area (Å²) in [6.45, 7) is 4.71. The first kappa shape index (κ1) is 5.52. The van der Waals surface area contributed by atoms with Crippen molar-refractivity contribution in [3.8, 4) is 0 Å². The second kappa shape index (κ2) is 1.62. The first-order valence-electron chi connectivity index (χ1n) is 3.98. The Hall–Kier alpha value is -0.260. The van der Waals surface area contributed by atoms with Gasteiger partial charge < -0.3 is 0 Å². The summed E-state index contributed by atoms with van der Waals surface area (Å²) in [5.74, 6) is 2.93. The van der Waals surface area contributed by atoms with Crippen LogP contribution in [0.4, 0.5) is 0 Å². The summed E-state index contributed by atoms with van der Waals surface area (Å²) < 4.78 is 0. The van der Waals surface area contributed by atoms with E-state index in [1.807, 2.05) is 0 Å². The predicted molar refractivity (Wildman–Crippen MR) is 39.1 cm³/mol. The highest BCUT2D eigenvalue weighted by molar-refractivity contribution is 5.21. The van der Waals surface area contributed by atoms with Crippen molar-refractivity contribution in [2.75, 3.05) is 0 Å². The van der Waals surface area contributed by atoms with E-state index in [1.54, 1.807) is 5.57 Å². The fourth-order valence-corrected chi connectivity index (χ4v) is 1.52. The monoisotopic (exact) mass is 122 g/mol. The van der Waals surface area contributed by atoms with Crippen LogP contribution in [0.2, 0.25) is 0 Å². The van der Waals surface area contributed by atoms with Crippen LogP contribution in [0, 0.1) is 17.8 Å². The highest BCUT2D eigenvalue weighted by atomic mass is 14.5.